The van der Waals surface area contributed by atoms with Crippen LogP contribution in [0.25, 0.3) is 0 Å². The van der Waals surface area contributed by atoms with Crippen LogP contribution < -0.4 is 5.73 Å². The molecule has 1 aromatic heterocycles. The number of aryl methyl sites for hydroxylation is 2. The van der Waals surface area contributed by atoms with Gasteiger partial charge in [-0.3, -0.25) is 0 Å². The molecule has 0 saturated heterocycles. The van der Waals surface area contributed by atoms with Crippen molar-refractivity contribution in [3.63, 3.8) is 0 Å². The Balaban J connectivity index is 2.21. The third-order valence-corrected chi connectivity index (χ3v) is 3.98. The molecule has 0 aliphatic carbocycles. The monoisotopic (exact) mass is 231 g/mol. The van der Waals surface area contributed by atoms with Gasteiger partial charge in [-0.15, -0.1) is 11.3 Å². The molecule has 2 N–H and O–H groups in total. The quantitative estimate of drug-likeness (QED) is 0.858. The molecular formula is C14H17NS. The summed E-state index contributed by atoms with van der Waals surface area (Å²) in [6, 6.07) is 10.7. The molecular weight excluding hydrogens is 214 g/mol. The summed E-state index contributed by atoms with van der Waals surface area (Å²) in [5.41, 5.74) is 10.3. The first-order valence-corrected chi connectivity index (χ1v) is 6.40. The molecule has 1 nitrogen and oxygen atoms in total. The highest BCUT2D eigenvalue weighted by Gasteiger charge is 2.11. The molecule has 0 amide bonds. The fourth-order valence-electron chi connectivity index (χ4n) is 1.99. The van der Waals surface area contributed by atoms with Crippen molar-refractivity contribution in [2.75, 3.05) is 0 Å². The van der Waals surface area contributed by atoms with Crippen molar-refractivity contribution in [1.29, 1.82) is 0 Å². The molecule has 0 fully saturated rings. The van der Waals surface area contributed by atoms with Crippen LogP contribution in [0.3, 0.4) is 0 Å². The van der Waals surface area contributed by atoms with Gasteiger partial charge >= 0.3 is 0 Å². The van der Waals surface area contributed by atoms with Gasteiger partial charge in [0.1, 0.15) is 0 Å². The summed E-state index contributed by atoms with van der Waals surface area (Å²) >= 11 is 1.74. The van der Waals surface area contributed by atoms with Gasteiger partial charge in [0.15, 0.2) is 0 Å². The maximum Gasteiger partial charge on any atom is 0.0430 e. The molecule has 0 aliphatic heterocycles. The molecule has 1 aromatic carbocycles. The largest absolute Gasteiger partial charge is 0.323 e. The maximum atomic E-state index is 6.22. The van der Waals surface area contributed by atoms with Crippen LogP contribution in [-0.2, 0) is 6.42 Å². The molecule has 16 heavy (non-hydrogen) atoms. The van der Waals surface area contributed by atoms with Gasteiger partial charge in [0.05, 0.1) is 0 Å². The van der Waals surface area contributed by atoms with Crippen molar-refractivity contribution in [3.8, 4) is 0 Å². The molecule has 0 bridgehead atoms. The number of hydrogen-bond acceptors (Lipinski definition) is 2. The van der Waals surface area contributed by atoms with Crippen molar-refractivity contribution < 1.29 is 0 Å². The second kappa shape index (κ2) is 4.81. The summed E-state index contributed by atoms with van der Waals surface area (Å²) in [5, 5.41) is 2.08. The highest BCUT2D eigenvalue weighted by atomic mass is 32.1. The molecule has 2 heteroatoms. The van der Waals surface area contributed by atoms with Gasteiger partial charge in [0.2, 0.25) is 0 Å². The molecule has 0 spiro atoms. The van der Waals surface area contributed by atoms with Gasteiger partial charge in [-0.05, 0) is 48.4 Å². The average molecular weight is 231 g/mol. The molecule has 0 radical (unpaired) electrons. The first-order chi connectivity index (χ1) is 7.68. The lowest BCUT2D eigenvalue weighted by Gasteiger charge is -2.14. The molecule has 84 valence electrons. The second-order valence-corrected chi connectivity index (χ2v) is 5.18. The van der Waals surface area contributed by atoms with E-state index in [1.165, 1.54) is 21.6 Å². The Morgan fingerprint density at radius 1 is 1.12 bits per heavy atom. The number of benzene rings is 1. The van der Waals surface area contributed by atoms with Crippen LogP contribution in [0.15, 0.2) is 35.7 Å². The zero-order chi connectivity index (χ0) is 11.5. The Morgan fingerprint density at radius 2 is 1.81 bits per heavy atom. The van der Waals surface area contributed by atoms with E-state index in [0.717, 1.165) is 6.42 Å². The highest BCUT2D eigenvalue weighted by Crippen LogP contribution is 2.23. The highest BCUT2D eigenvalue weighted by molar-refractivity contribution is 7.10. The van der Waals surface area contributed by atoms with Crippen molar-refractivity contribution in [3.05, 3.63) is 57.3 Å². The minimum absolute atomic E-state index is 0.125. The smallest absolute Gasteiger partial charge is 0.0430 e. The summed E-state index contributed by atoms with van der Waals surface area (Å²) in [4.78, 5) is 1.27. The summed E-state index contributed by atoms with van der Waals surface area (Å²) in [6.07, 6.45) is 0.930. The number of nitrogens with two attached hydrogens (primary N) is 1. The SMILES string of the molecule is Cc1cccc(C)c1CC(N)c1cccs1. The van der Waals surface area contributed by atoms with Crippen LogP contribution in [0.4, 0.5) is 0 Å². The molecule has 1 heterocycles. The summed E-state index contributed by atoms with van der Waals surface area (Å²) in [5.74, 6) is 0. The van der Waals surface area contributed by atoms with E-state index in [1.807, 2.05) is 0 Å². The van der Waals surface area contributed by atoms with E-state index < -0.39 is 0 Å². The van der Waals surface area contributed by atoms with Gasteiger partial charge < -0.3 is 5.73 Å². The Hall–Kier alpha value is -1.12. The lowest BCUT2D eigenvalue weighted by Crippen LogP contribution is -2.13. The first-order valence-electron chi connectivity index (χ1n) is 5.52. The van der Waals surface area contributed by atoms with Crippen molar-refractivity contribution in [2.24, 2.45) is 5.73 Å². The van der Waals surface area contributed by atoms with Gasteiger partial charge in [-0.2, -0.15) is 0 Å². The Labute approximate surface area is 101 Å². The van der Waals surface area contributed by atoms with E-state index in [9.17, 15) is 0 Å². The minimum atomic E-state index is 0.125. The Bertz CT molecular complexity index is 439. The Morgan fingerprint density at radius 3 is 2.38 bits per heavy atom. The topological polar surface area (TPSA) is 26.0 Å². The summed E-state index contributed by atoms with van der Waals surface area (Å²) in [7, 11) is 0. The van der Waals surface area contributed by atoms with Gasteiger partial charge in [0.25, 0.3) is 0 Å². The predicted octanol–water partition coefficient (Wildman–Crippen LogP) is 3.61. The van der Waals surface area contributed by atoms with Gasteiger partial charge in [-0.25, -0.2) is 0 Å². The van der Waals surface area contributed by atoms with E-state index in [0.29, 0.717) is 0 Å². The van der Waals surface area contributed by atoms with Crippen molar-refractivity contribution in [1.82, 2.24) is 0 Å². The fourth-order valence-corrected chi connectivity index (χ4v) is 2.72. The predicted molar refractivity (Wildman–Crippen MR) is 70.9 cm³/mol. The van der Waals surface area contributed by atoms with E-state index in [4.69, 9.17) is 5.73 Å². The number of hydrogen-bond donors (Lipinski definition) is 1. The number of rotatable bonds is 3. The van der Waals surface area contributed by atoms with Crippen molar-refractivity contribution in [2.45, 2.75) is 26.3 Å². The normalized spacial score (nSPS) is 12.7. The Kier molecular flexibility index (Phi) is 3.42. The van der Waals surface area contributed by atoms with Crippen LogP contribution in [0.1, 0.15) is 27.6 Å². The lowest BCUT2D eigenvalue weighted by atomic mass is 9.96. The zero-order valence-corrected chi connectivity index (χ0v) is 10.6. The molecule has 1 unspecified atom stereocenters. The van der Waals surface area contributed by atoms with Crippen LogP contribution in [0, 0.1) is 13.8 Å². The minimum Gasteiger partial charge on any atom is -0.323 e. The van der Waals surface area contributed by atoms with Crippen molar-refractivity contribution >= 4 is 11.3 Å². The standard InChI is InChI=1S/C14H17NS/c1-10-5-3-6-11(2)12(10)9-13(15)14-7-4-8-16-14/h3-8,13H,9,15H2,1-2H3. The average Bonchev–Trinajstić information content (AvgIpc) is 2.76. The molecule has 0 aliphatic rings. The molecule has 0 saturated carbocycles. The van der Waals surface area contributed by atoms with Crippen LogP contribution >= 0.6 is 11.3 Å². The second-order valence-electron chi connectivity index (χ2n) is 4.20. The van der Waals surface area contributed by atoms with Crippen LogP contribution in [-0.4, -0.2) is 0 Å². The van der Waals surface area contributed by atoms with E-state index >= 15 is 0 Å². The molecule has 2 rings (SSSR count). The van der Waals surface area contributed by atoms with Gasteiger partial charge in [0, 0.05) is 10.9 Å². The first kappa shape index (κ1) is 11.4. The molecule has 2 aromatic rings. The third-order valence-electron chi connectivity index (χ3n) is 2.98. The van der Waals surface area contributed by atoms with E-state index in [2.05, 4.69) is 49.6 Å². The summed E-state index contributed by atoms with van der Waals surface area (Å²) in [6.45, 7) is 4.31. The number of thiophene rings is 1. The lowest BCUT2D eigenvalue weighted by molar-refractivity contribution is 0.729. The zero-order valence-electron chi connectivity index (χ0n) is 9.73. The van der Waals surface area contributed by atoms with Crippen LogP contribution in [0.5, 0.6) is 0 Å². The fraction of sp³-hybridized carbons (Fsp3) is 0.286. The van der Waals surface area contributed by atoms with E-state index in [-0.39, 0.29) is 6.04 Å². The van der Waals surface area contributed by atoms with Crippen LogP contribution in [0.2, 0.25) is 0 Å². The third kappa shape index (κ3) is 2.34. The maximum absolute atomic E-state index is 6.22. The summed E-state index contributed by atoms with van der Waals surface area (Å²) < 4.78 is 0. The molecule has 1 atom stereocenters. The van der Waals surface area contributed by atoms with E-state index in [1.54, 1.807) is 11.3 Å². The van der Waals surface area contributed by atoms with Gasteiger partial charge in [-0.1, -0.05) is 24.3 Å².